The van der Waals surface area contributed by atoms with Crippen LogP contribution in [0.5, 0.6) is 0 Å². The first-order chi connectivity index (χ1) is 60.3. The lowest BCUT2D eigenvalue weighted by atomic mass is 9.87. The van der Waals surface area contributed by atoms with E-state index in [-0.39, 0.29) is 12.8 Å². The summed E-state index contributed by atoms with van der Waals surface area (Å²) in [5, 5.41) is 273. The van der Waals surface area contributed by atoms with E-state index < -0.39 is 310 Å². The van der Waals surface area contributed by atoms with Gasteiger partial charge in [-0.15, -0.1) is 0 Å². The van der Waals surface area contributed by atoms with Gasteiger partial charge in [0.1, 0.15) is 165 Å². The van der Waals surface area contributed by atoms with Gasteiger partial charge in [0.2, 0.25) is 11.8 Å². The Morgan fingerprint density at radius 3 is 1.21 bits per heavy atom. The second kappa shape index (κ2) is 56.3. The number of unbranched alkanes of at least 4 members (excludes halogenated alkanes) is 26. The molecule has 7 rings (SSSR count). The summed E-state index contributed by atoms with van der Waals surface area (Å²) in [6.07, 6.45) is -42.8. The van der Waals surface area contributed by atoms with Crippen molar-refractivity contribution in [2.24, 2.45) is 0 Å². The molecule has 0 aliphatic carbocycles. The number of hydrogen-bond donors (Lipinski definition) is 26. The van der Waals surface area contributed by atoms with Crippen molar-refractivity contribution in [3.05, 3.63) is 0 Å². The van der Waals surface area contributed by atoms with E-state index in [1.165, 1.54) is 89.9 Å². The molecule has 0 aromatic carbocycles. The Hall–Kier alpha value is -3.07. The fraction of sp³-hybridized carbons (Fsp3) is 0.964. The van der Waals surface area contributed by atoms with Gasteiger partial charge in [-0.3, -0.25) is 9.59 Å². The number of rotatable bonds is 60. The van der Waals surface area contributed by atoms with E-state index in [1.807, 2.05) is 0 Å². The number of ether oxygens (including phenoxy) is 14. The van der Waals surface area contributed by atoms with Crippen LogP contribution in [0.2, 0.25) is 0 Å². The van der Waals surface area contributed by atoms with Crippen molar-refractivity contribution in [2.45, 2.75) is 452 Å². The van der Waals surface area contributed by atoms with Crippen molar-refractivity contribution in [3.63, 3.8) is 0 Å². The van der Waals surface area contributed by atoms with Crippen LogP contribution >= 0.6 is 0 Å². The standard InChI is InChI=1S/C83H150N2O41/c1-4-6-8-10-12-14-16-17-18-19-20-21-22-23-25-27-29-31-33-46(94)75(110)85-44(56(96)45(93)32-30-28-26-24-15-13-11-9-7-5-2)41-113-76-66(106)63(103)70(53(40-91)120-76)122-81-69(109)74(61(101)52(39-90)119-81)126-83(82(111)112)34-48(55(84-43(3)92)71(125-83)57(97)47(95)35-86)115-80-68(108)73(124-79-65(105)59(99)50(37-88)118-79)62(102)54(121-80)42-114-77-67(107)72(60(100)51(38-89)116-77)123-78-64(104)58(98)49(36-87)117-78/h44-74,76-81,86-91,93-109H,4-42H2,1-3H3,(H,84,92)(H,85,110)(H,111,112). The predicted octanol–water partition coefficient (Wildman–Crippen LogP) is -5.31. The summed E-state index contributed by atoms with van der Waals surface area (Å²) in [6.45, 7) is -2.99. The van der Waals surface area contributed by atoms with Crippen LogP contribution in [-0.4, -0.2) is 426 Å². The molecular weight excluding hydrogens is 1680 g/mol. The molecule has 7 aliphatic heterocycles. The highest BCUT2D eigenvalue weighted by Crippen LogP contribution is 2.43. The number of aliphatic carboxylic acids is 1. The number of amides is 2. The summed E-state index contributed by atoms with van der Waals surface area (Å²) in [5.41, 5.74) is 0. The van der Waals surface area contributed by atoms with Crippen molar-refractivity contribution in [1.82, 2.24) is 10.6 Å². The minimum Gasteiger partial charge on any atom is -0.477 e. The van der Waals surface area contributed by atoms with Gasteiger partial charge >= 0.3 is 5.97 Å². The largest absolute Gasteiger partial charge is 0.477 e. The third-order valence-electron chi connectivity index (χ3n) is 24.8. The van der Waals surface area contributed by atoms with E-state index in [2.05, 4.69) is 24.5 Å². The molecule has 0 spiro atoms. The Kier molecular flexibility index (Phi) is 49.1. The van der Waals surface area contributed by atoms with Crippen molar-refractivity contribution in [3.8, 4) is 0 Å². The van der Waals surface area contributed by atoms with E-state index in [4.69, 9.17) is 66.3 Å². The molecule has 43 nitrogen and oxygen atoms in total. The van der Waals surface area contributed by atoms with Crippen molar-refractivity contribution in [2.75, 3.05) is 52.9 Å². The second-order valence-electron chi connectivity index (χ2n) is 34.6. The van der Waals surface area contributed by atoms with Crippen LogP contribution < -0.4 is 10.6 Å². The molecular formula is C83H150N2O41. The zero-order valence-electron chi connectivity index (χ0n) is 72.6. The zero-order valence-corrected chi connectivity index (χ0v) is 72.6. The van der Waals surface area contributed by atoms with E-state index in [1.54, 1.807) is 0 Å². The fourth-order valence-electron chi connectivity index (χ4n) is 17.0. The van der Waals surface area contributed by atoms with Gasteiger partial charge in [0.25, 0.3) is 5.79 Å². The molecule has 7 aliphatic rings. The summed E-state index contributed by atoms with van der Waals surface area (Å²) >= 11 is 0. The maximum absolute atomic E-state index is 14.2. The van der Waals surface area contributed by atoms with Crippen molar-refractivity contribution < 1.29 is 203 Å². The maximum atomic E-state index is 14.2. The summed E-state index contributed by atoms with van der Waals surface area (Å²) in [6, 6.07) is -3.54. The van der Waals surface area contributed by atoms with E-state index in [0.717, 1.165) is 84.0 Å². The first-order valence-corrected chi connectivity index (χ1v) is 45.5. The number of hydrogen-bond acceptors (Lipinski definition) is 40. The van der Waals surface area contributed by atoms with Gasteiger partial charge in [-0.25, -0.2) is 4.79 Å². The molecule has 0 bridgehead atoms. The Morgan fingerprint density at radius 1 is 0.397 bits per heavy atom. The topological polar surface area (TPSA) is 690 Å². The van der Waals surface area contributed by atoms with Gasteiger partial charge < -0.3 is 200 Å². The van der Waals surface area contributed by atoms with Gasteiger partial charge in [-0.1, -0.05) is 194 Å². The zero-order chi connectivity index (χ0) is 92.5. The molecule has 7 fully saturated rings. The highest BCUT2D eigenvalue weighted by Gasteiger charge is 2.63. The van der Waals surface area contributed by atoms with Crippen LogP contribution in [0.25, 0.3) is 0 Å². The summed E-state index contributed by atoms with van der Waals surface area (Å²) in [7, 11) is 0. The number of aliphatic hydroxyl groups excluding tert-OH is 23. The van der Waals surface area contributed by atoms with E-state index >= 15 is 0 Å². The van der Waals surface area contributed by atoms with Crippen LogP contribution in [0, 0.1) is 0 Å². The second-order valence-corrected chi connectivity index (χ2v) is 34.6. The van der Waals surface area contributed by atoms with Gasteiger partial charge in [0.05, 0.1) is 77.1 Å². The SMILES string of the molecule is CCCCCCCCCCCCCCCCCCCCC(O)C(=O)NC(COC1OC(CO)C(OC2OC(CO)C(O)C(OC3(C(=O)O)CC(OC4OC(COC5OC(CO)C(O)C(OC6OC(CO)C(O)C6O)C5O)C(O)C(OC5OC(CO)C(O)C5O)C4O)C(NC(C)=O)C(C(O)C(O)CO)O3)C2O)C(O)C1O)C(O)C(O)CCCCCCCCCCCC. The Morgan fingerprint density at radius 2 is 0.762 bits per heavy atom. The van der Waals surface area contributed by atoms with Gasteiger partial charge in [-0.2, -0.15) is 0 Å². The van der Waals surface area contributed by atoms with Crippen LogP contribution in [0.4, 0.5) is 0 Å². The van der Waals surface area contributed by atoms with Crippen LogP contribution in [0.3, 0.4) is 0 Å². The molecule has 0 saturated carbocycles. The average molecular weight is 1830 g/mol. The van der Waals surface area contributed by atoms with Crippen LogP contribution in [-0.2, 0) is 80.7 Å². The van der Waals surface area contributed by atoms with Gasteiger partial charge in [0, 0.05) is 13.3 Å². The molecule has 7 heterocycles. The lowest BCUT2D eigenvalue weighted by Gasteiger charge is -2.52. The molecule has 43 heteroatoms. The third kappa shape index (κ3) is 31.2. The molecule has 7 saturated heterocycles. The lowest BCUT2D eigenvalue weighted by Crippen LogP contribution is -2.72. The highest BCUT2D eigenvalue weighted by molar-refractivity contribution is 5.80. The molecule has 0 aromatic heterocycles. The molecule has 2 amide bonds. The Labute approximate surface area is 734 Å². The third-order valence-corrected chi connectivity index (χ3v) is 24.8. The number of nitrogens with one attached hydrogen (secondary N) is 2. The smallest absolute Gasteiger partial charge is 0.364 e. The Bertz CT molecular complexity index is 2990. The molecule has 0 radical (unpaired) electrons. The van der Waals surface area contributed by atoms with Gasteiger partial charge in [-0.05, 0) is 12.8 Å². The minimum atomic E-state index is -3.56. The van der Waals surface area contributed by atoms with Crippen LogP contribution in [0.15, 0.2) is 0 Å². The first-order valence-electron chi connectivity index (χ1n) is 45.5. The number of carboxylic acids is 1. The van der Waals surface area contributed by atoms with Crippen molar-refractivity contribution >= 4 is 17.8 Å². The number of aliphatic hydroxyl groups is 23. The lowest BCUT2D eigenvalue weighted by molar-refractivity contribution is -0.394. The van der Waals surface area contributed by atoms with Gasteiger partial charge in [0.15, 0.2) is 37.7 Å². The molecule has 38 unspecified atom stereocenters. The number of carboxylic acid groups (broad SMARTS) is 1. The molecule has 0 aromatic rings. The Balaban J connectivity index is 1.07. The van der Waals surface area contributed by atoms with E-state index in [0.29, 0.717) is 12.8 Å². The molecule has 126 heavy (non-hydrogen) atoms. The fourth-order valence-corrected chi connectivity index (χ4v) is 17.0. The highest BCUT2D eigenvalue weighted by atomic mass is 16.8. The average Bonchev–Trinajstić information content (AvgIpc) is 0.924. The monoisotopic (exact) mass is 1830 g/mol. The number of carbonyl (C=O) groups excluding carboxylic acids is 2. The van der Waals surface area contributed by atoms with Crippen LogP contribution in [0.1, 0.15) is 220 Å². The first kappa shape index (κ1) is 110. The van der Waals surface area contributed by atoms with E-state index in [9.17, 15) is 137 Å². The normalized spacial score (nSPS) is 37.7. The predicted molar refractivity (Wildman–Crippen MR) is 432 cm³/mol. The molecule has 26 N–H and O–H groups in total. The minimum absolute atomic E-state index is 0.0621. The summed E-state index contributed by atoms with van der Waals surface area (Å²) in [4.78, 5) is 41.3. The maximum Gasteiger partial charge on any atom is 0.364 e. The molecule has 38 atom stereocenters. The molecule has 738 valence electrons. The quantitative estimate of drug-likeness (QED) is 0.0253. The number of carbonyl (C=O) groups is 3. The summed E-state index contributed by atoms with van der Waals surface area (Å²) in [5.74, 6) is -7.75. The summed E-state index contributed by atoms with van der Waals surface area (Å²) < 4.78 is 81.8. The van der Waals surface area contributed by atoms with Crippen molar-refractivity contribution in [1.29, 1.82) is 0 Å².